The Balaban J connectivity index is 1.69. The number of benzene rings is 3. The second-order valence-corrected chi connectivity index (χ2v) is 7.27. The summed E-state index contributed by atoms with van der Waals surface area (Å²) in [6, 6.07) is 25.3. The van der Waals surface area contributed by atoms with Crippen LogP contribution in [0.5, 0.6) is 0 Å². The van der Waals surface area contributed by atoms with Crippen molar-refractivity contribution in [3.8, 4) is 17.1 Å². The van der Waals surface area contributed by atoms with Crippen LogP contribution in [-0.2, 0) is 0 Å². The molecule has 0 bridgehead atoms. The molecule has 6 nitrogen and oxygen atoms in total. The van der Waals surface area contributed by atoms with Crippen LogP contribution in [0.25, 0.3) is 17.1 Å². The van der Waals surface area contributed by atoms with Crippen molar-refractivity contribution >= 4 is 17.3 Å². The standard InChI is InChI=1S/C24H23N5O/c1-17-8-7-11-21(16-17)29-23(18-9-5-4-6-10-18)26-22(27-29)24(30)25-19-12-14-20(15-13-19)28(2)3/h4-16H,1-3H3,(H,25,30). The van der Waals surface area contributed by atoms with E-state index in [2.05, 4.69) is 15.4 Å². The van der Waals surface area contributed by atoms with Crippen molar-refractivity contribution < 1.29 is 4.79 Å². The van der Waals surface area contributed by atoms with Gasteiger partial charge in [0.15, 0.2) is 5.82 Å². The zero-order valence-electron chi connectivity index (χ0n) is 17.2. The molecule has 3 aromatic carbocycles. The van der Waals surface area contributed by atoms with Crippen molar-refractivity contribution in [1.82, 2.24) is 14.8 Å². The average Bonchev–Trinajstić information content (AvgIpc) is 3.20. The fourth-order valence-corrected chi connectivity index (χ4v) is 3.15. The number of nitrogens with one attached hydrogen (secondary N) is 1. The van der Waals surface area contributed by atoms with Crippen LogP contribution < -0.4 is 10.2 Å². The van der Waals surface area contributed by atoms with Gasteiger partial charge >= 0.3 is 0 Å². The number of aromatic nitrogens is 3. The first-order valence-electron chi connectivity index (χ1n) is 9.69. The highest BCUT2D eigenvalue weighted by atomic mass is 16.2. The molecule has 0 radical (unpaired) electrons. The summed E-state index contributed by atoms with van der Waals surface area (Å²) in [5.74, 6) is 0.387. The SMILES string of the molecule is Cc1cccc(-n2nc(C(=O)Nc3ccc(N(C)C)cc3)nc2-c2ccccc2)c1. The van der Waals surface area contributed by atoms with E-state index in [1.165, 1.54) is 0 Å². The Bertz CT molecular complexity index is 1160. The molecule has 0 aliphatic carbocycles. The van der Waals surface area contributed by atoms with E-state index in [9.17, 15) is 4.79 Å². The Hall–Kier alpha value is -3.93. The monoisotopic (exact) mass is 397 g/mol. The van der Waals surface area contributed by atoms with Crippen LogP contribution >= 0.6 is 0 Å². The van der Waals surface area contributed by atoms with E-state index in [0.717, 1.165) is 22.5 Å². The van der Waals surface area contributed by atoms with Gasteiger partial charge in [-0.05, 0) is 48.9 Å². The van der Waals surface area contributed by atoms with Crippen LogP contribution in [0.2, 0.25) is 0 Å². The van der Waals surface area contributed by atoms with E-state index in [1.54, 1.807) is 4.68 Å². The third-order valence-electron chi connectivity index (χ3n) is 4.73. The van der Waals surface area contributed by atoms with Gasteiger partial charge in [0.1, 0.15) is 0 Å². The summed E-state index contributed by atoms with van der Waals surface area (Å²) in [6.07, 6.45) is 0. The van der Waals surface area contributed by atoms with Gasteiger partial charge in [-0.25, -0.2) is 9.67 Å². The van der Waals surface area contributed by atoms with E-state index >= 15 is 0 Å². The maximum absolute atomic E-state index is 12.9. The molecule has 0 fully saturated rings. The van der Waals surface area contributed by atoms with Crippen molar-refractivity contribution in [3.63, 3.8) is 0 Å². The molecule has 0 aliphatic rings. The number of hydrogen-bond acceptors (Lipinski definition) is 4. The van der Waals surface area contributed by atoms with E-state index in [-0.39, 0.29) is 11.7 Å². The minimum atomic E-state index is -0.351. The number of anilines is 2. The third kappa shape index (κ3) is 4.07. The number of carbonyl (C=O) groups excluding carboxylic acids is 1. The molecule has 1 aromatic heterocycles. The highest BCUT2D eigenvalue weighted by Gasteiger charge is 2.19. The van der Waals surface area contributed by atoms with Gasteiger partial charge < -0.3 is 10.2 Å². The molecular formula is C24H23N5O. The van der Waals surface area contributed by atoms with Crippen LogP contribution in [0.1, 0.15) is 16.2 Å². The van der Waals surface area contributed by atoms with Gasteiger partial charge in [-0.3, -0.25) is 4.79 Å². The number of amides is 1. The first kappa shape index (κ1) is 19.4. The molecule has 30 heavy (non-hydrogen) atoms. The molecule has 150 valence electrons. The Labute approximate surface area is 175 Å². The normalized spacial score (nSPS) is 10.6. The average molecular weight is 397 g/mol. The molecule has 0 unspecified atom stereocenters. The summed E-state index contributed by atoms with van der Waals surface area (Å²) in [4.78, 5) is 19.4. The Kier molecular flexibility index (Phi) is 5.30. The largest absolute Gasteiger partial charge is 0.378 e. The molecule has 1 heterocycles. The van der Waals surface area contributed by atoms with Crippen molar-refractivity contribution in [2.24, 2.45) is 0 Å². The molecule has 4 rings (SSSR count). The van der Waals surface area contributed by atoms with E-state index in [1.807, 2.05) is 105 Å². The predicted octanol–water partition coefficient (Wildman–Crippen LogP) is 4.56. The van der Waals surface area contributed by atoms with Crippen LogP contribution in [-0.4, -0.2) is 34.8 Å². The smallest absolute Gasteiger partial charge is 0.295 e. The first-order chi connectivity index (χ1) is 14.5. The molecule has 0 spiro atoms. The Morgan fingerprint density at radius 3 is 2.33 bits per heavy atom. The minimum Gasteiger partial charge on any atom is -0.378 e. The zero-order chi connectivity index (χ0) is 21.1. The molecule has 6 heteroatoms. The fourth-order valence-electron chi connectivity index (χ4n) is 3.15. The van der Waals surface area contributed by atoms with Gasteiger partial charge in [-0.15, -0.1) is 5.10 Å². The fraction of sp³-hybridized carbons (Fsp3) is 0.125. The van der Waals surface area contributed by atoms with E-state index in [0.29, 0.717) is 11.5 Å². The summed E-state index contributed by atoms with van der Waals surface area (Å²) >= 11 is 0. The lowest BCUT2D eigenvalue weighted by Gasteiger charge is -2.12. The number of nitrogens with zero attached hydrogens (tertiary/aromatic N) is 4. The van der Waals surface area contributed by atoms with Crippen LogP contribution in [0, 0.1) is 6.92 Å². The van der Waals surface area contributed by atoms with Crippen molar-refractivity contribution in [2.75, 3.05) is 24.3 Å². The third-order valence-corrected chi connectivity index (χ3v) is 4.73. The lowest BCUT2D eigenvalue weighted by molar-refractivity contribution is 0.101. The second kappa shape index (κ2) is 8.21. The maximum Gasteiger partial charge on any atom is 0.295 e. The maximum atomic E-state index is 12.9. The van der Waals surface area contributed by atoms with Crippen molar-refractivity contribution in [1.29, 1.82) is 0 Å². The summed E-state index contributed by atoms with van der Waals surface area (Å²) in [5.41, 5.74) is 4.60. The lowest BCUT2D eigenvalue weighted by atomic mass is 10.2. The molecule has 0 aliphatic heterocycles. The summed E-state index contributed by atoms with van der Waals surface area (Å²) < 4.78 is 1.71. The molecule has 1 amide bonds. The molecule has 1 N–H and O–H groups in total. The highest BCUT2D eigenvalue weighted by Crippen LogP contribution is 2.22. The van der Waals surface area contributed by atoms with E-state index < -0.39 is 0 Å². The van der Waals surface area contributed by atoms with Gasteiger partial charge in [0.05, 0.1) is 5.69 Å². The van der Waals surface area contributed by atoms with Crippen LogP contribution in [0.4, 0.5) is 11.4 Å². The Morgan fingerprint density at radius 2 is 1.67 bits per heavy atom. The van der Waals surface area contributed by atoms with E-state index in [4.69, 9.17) is 0 Å². The number of carbonyl (C=O) groups is 1. The van der Waals surface area contributed by atoms with Crippen LogP contribution in [0.15, 0.2) is 78.9 Å². The summed E-state index contributed by atoms with van der Waals surface area (Å²) in [7, 11) is 3.95. The van der Waals surface area contributed by atoms with Gasteiger partial charge in [0.2, 0.25) is 5.82 Å². The number of rotatable bonds is 5. The Morgan fingerprint density at radius 1 is 0.933 bits per heavy atom. The highest BCUT2D eigenvalue weighted by molar-refractivity contribution is 6.01. The number of aryl methyl sites for hydroxylation is 1. The summed E-state index contributed by atoms with van der Waals surface area (Å²) in [6.45, 7) is 2.02. The van der Waals surface area contributed by atoms with Crippen molar-refractivity contribution in [2.45, 2.75) is 6.92 Å². The molecule has 0 saturated heterocycles. The van der Waals surface area contributed by atoms with Gasteiger partial charge in [0.25, 0.3) is 5.91 Å². The quantitative estimate of drug-likeness (QED) is 0.536. The lowest BCUT2D eigenvalue weighted by Crippen LogP contribution is -2.14. The van der Waals surface area contributed by atoms with Gasteiger partial charge in [0, 0.05) is 31.0 Å². The topological polar surface area (TPSA) is 63.1 Å². The molecule has 0 saturated carbocycles. The van der Waals surface area contributed by atoms with Gasteiger partial charge in [-0.1, -0.05) is 42.5 Å². The molecule has 0 atom stereocenters. The van der Waals surface area contributed by atoms with Gasteiger partial charge in [-0.2, -0.15) is 0 Å². The molecular weight excluding hydrogens is 374 g/mol. The van der Waals surface area contributed by atoms with Crippen LogP contribution in [0.3, 0.4) is 0 Å². The summed E-state index contributed by atoms with van der Waals surface area (Å²) in [5, 5.41) is 7.41. The molecule has 4 aromatic rings. The minimum absolute atomic E-state index is 0.118. The first-order valence-corrected chi connectivity index (χ1v) is 9.69. The zero-order valence-corrected chi connectivity index (χ0v) is 17.2. The second-order valence-electron chi connectivity index (χ2n) is 7.27. The number of hydrogen-bond donors (Lipinski definition) is 1. The predicted molar refractivity (Wildman–Crippen MR) is 120 cm³/mol. The van der Waals surface area contributed by atoms with Crippen molar-refractivity contribution in [3.05, 3.63) is 90.3 Å².